The van der Waals surface area contributed by atoms with E-state index < -0.39 is 0 Å². The molecule has 88 valence electrons. The fourth-order valence-corrected chi connectivity index (χ4v) is 2.05. The van der Waals surface area contributed by atoms with Crippen LogP contribution in [0.4, 0.5) is 5.69 Å². The summed E-state index contributed by atoms with van der Waals surface area (Å²) in [6, 6.07) is 6.77. The molecule has 0 saturated heterocycles. The maximum absolute atomic E-state index is 9.14. The maximum Gasteiger partial charge on any atom is 0.0949 e. The Kier molecular flexibility index (Phi) is 3.52. The average Bonchev–Trinajstić information content (AvgIpc) is 2.30. The molecular formula is C12H10Cl2N2O. The Morgan fingerprint density at radius 1 is 1.24 bits per heavy atom. The highest BCUT2D eigenvalue weighted by molar-refractivity contribution is 6.36. The van der Waals surface area contributed by atoms with Gasteiger partial charge in [-0.05, 0) is 24.3 Å². The number of hydrogen-bond donors (Lipinski definition) is 2. The van der Waals surface area contributed by atoms with Gasteiger partial charge in [-0.15, -0.1) is 0 Å². The van der Waals surface area contributed by atoms with Crippen LogP contribution in [-0.4, -0.2) is 10.1 Å². The fourth-order valence-electron chi connectivity index (χ4n) is 1.55. The predicted molar refractivity (Wildman–Crippen MR) is 70.0 cm³/mol. The average molecular weight is 269 g/mol. The number of pyridine rings is 1. The molecule has 0 unspecified atom stereocenters. The first-order valence-electron chi connectivity index (χ1n) is 4.93. The van der Waals surface area contributed by atoms with Crippen LogP contribution in [0.15, 0.2) is 30.5 Å². The first-order valence-corrected chi connectivity index (χ1v) is 5.68. The Balaban J connectivity index is 2.60. The number of rotatable bonds is 2. The van der Waals surface area contributed by atoms with Gasteiger partial charge in [0.15, 0.2) is 0 Å². The van der Waals surface area contributed by atoms with Crippen molar-refractivity contribution in [2.75, 3.05) is 5.73 Å². The lowest BCUT2D eigenvalue weighted by Crippen LogP contribution is -1.99. The van der Waals surface area contributed by atoms with Crippen LogP contribution in [0.25, 0.3) is 11.3 Å². The SMILES string of the molecule is Nc1c(CO)ccnc1-c1ccc(Cl)cc1Cl. The topological polar surface area (TPSA) is 59.1 Å². The number of benzene rings is 1. The zero-order valence-electron chi connectivity index (χ0n) is 8.82. The van der Waals surface area contributed by atoms with Crippen LogP contribution in [0, 0.1) is 0 Å². The molecule has 3 N–H and O–H groups in total. The first kappa shape index (κ1) is 12.2. The molecule has 3 nitrogen and oxygen atoms in total. The van der Waals surface area contributed by atoms with Gasteiger partial charge in [-0.25, -0.2) is 0 Å². The summed E-state index contributed by atoms with van der Waals surface area (Å²) in [5.41, 5.74) is 8.23. The van der Waals surface area contributed by atoms with E-state index in [1.54, 1.807) is 30.5 Å². The largest absolute Gasteiger partial charge is 0.397 e. The molecule has 0 bridgehead atoms. The van der Waals surface area contributed by atoms with Crippen LogP contribution in [0.3, 0.4) is 0 Å². The minimum atomic E-state index is -0.132. The second-order valence-electron chi connectivity index (χ2n) is 3.51. The molecule has 0 atom stereocenters. The number of aromatic nitrogens is 1. The van der Waals surface area contributed by atoms with Crippen LogP contribution in [0.5, 0.6) is 0 Å². The van der Waals surface area contributed by atoms with E-state index >= 15 is 0 Å². The molecule has 0 saturated carbocycles. The molecule has 2 rings (SSSR count). The monoisotopic (exact) mass is 268 g/mol. The number of halogens is 2. The lowest BCUT2D eigenvalue weighted by Gasteiger charge is -2.10. The Labute approximate surface area is 109 Å². The number of anilines is 1. The van der Waals surface area contributed by atoms with Crippen LogP contribution in [0.1, 0.15) is 5.56 Å². The van der Waals surface area contributed by atoms with Gasteiger partial charge in [-0.2, -0.15) is 0 Å². The predicted octanol–water partition coefficient (Wildman–Crippen LogP) is 3.13. The van der Waals surface area contributed by atoms with Crippen molar-refractivity contribution in [1.82, 2.24) is 4.98 Å². The van der Waals surface area contributed by atoms with Gasteiger partial charge in [0, 0.05) is 22.3 Å². The molecule has 0 radical (unpaired) electrons. The number of aliphatic hydroxyl groups is 1. The molecule has 0 aliphatic carbocycles. The summed E-state index contributed by atoms with van der Waals surface area (Å²) in [7, 11) is 0. The van der Waals surface area contributed by atoms with Gasteiger partial charge < -0.3 is 10.8 Å². The molecule has 0 amide bonds. The molecule has 1 aromatic carbocycles. The van der Waals surface area contributed by atoms with Crippen molar-refractivity contribution in [3.63, 3.8) is 0 Å². The van der Waals surface area contributed by atoms with Crippen molar-refractivity contribution in [2.24, 2.45) is 0 Å². The Hall–Kier alpha value is -1.29. The summed E-state index contributed by atoms with van der Waals surface area (Å²) < 4.78 is 0. The molecule has 0 fully saturated rings. The normalized spacial score (nSPS) is 10.5. The number of aliphatic hydroxyl groups excluding tert-OH is 1. The quantitative estimate of drug-likeness (QED) is 0.880. The lowest BCUT2D eigenvalue weighted by atomic mass is 10.1. The van der Waals surface area contributed by atoms with Gasteiger partial charge in [0.1, 0.15) is 0 Å². The molecule has 17 heavy (non-hydrogen) atoms. The van der Waals surface area contributed by atoms with Gasteiger partial charge in [0.05, 0.1) is 23.0 Å². The lowest BCUT2D eigenvalue weighted by molar-refractivity contribution is 0.282. The molecule has 0 spiro atoms. The Morgan fingerprint density at radius 2 is 2.00 bits per heavy atom. The number of hydrogen-bond acceptors (Lipinski definition) is 3. The minimum Gasteiger partial charge on any atom is -0.397 e. The van der Waals surface area contributed by atoms with E-state index in [1.807, 2.05) is 0 Å². The highest BCUT2D eigenvalue weighted by Crippen LogP contribution is 2.33. The third-order valence-corrected chi connectivity index (χ3v) is 2.98. The molecule has 1 aromatic heterocycles. The zero-order chi connectivity index (χ0) is 12.4. The zero-order valence-corrected chi connectivity index (χ0v) is 10.3. The summed E-state index contributed by atoms with van der Waals surface area (Å²) in [5.74, 6) is 0. The molecule has 0 aliphatic heterocycles. The second-order valence-corrected chi connectivity index (χ2v) is 4.36. The summed E-state index contributed by atoms with van der Waals surface area (Å²) in [5, 5.41) is 10.2. The highest BCUT2D eigenvalue weighted by Gasteiger charge is 2.11. The van der Waals surface area contributed by atoms with Gasteiger partial charge in [-0.1, -0.05) is 23.2 Å². The Morgan fingerprint density at radius 3 is 2.65 bits per heavy atom. The summed E-state index contributed by atoms with van der Waals surface area (Å²) in [4.78, 5) is 4.18. The van der Waals surface area contributed by atoms with Crippen LogP contribution in [-0.2, 0) is 6.61 Å². The molecule has 5 heteroatoms. The van der Waals surface area contributed by atoms with Crippen molar-refractivity contribution in [3.05, 3.63) is 46.1 Å². The molecule has 2 aromatic rings. The van der Waals surface area contributed by atoms with Gasteiger partial charge in [-0.3, -0.25) is 4.98 Å². The standard InChI is InChI=1S/C12H10Cl2N2O/c13-8-1-2-9(10(14)5-8)12-11(15)7(6-17)3-4-16-12/h1-5,17H,6,15H2. The highest BCUT2D eigenvalue weighted by atomic mass is 35.5. The van der Waals surface area contributed by atoms with E-state index in [1.165, 1.54) is 0 Å². The van der Waals surface area contributed by atoms with E-state index in [4.69, 9.17) is 34.0 Å². The van der Waals surface area contributed by atoms with E-state index in [9.17, 15) is 0 Å². The third-order valence-electron chi connectivity index (χ3n) is 2.44. The van der Waals surface area contributed by atoms with Gasteiger partial charge in [0.2, 0.25) is 0 Å². The van der Waals surface area contributed by atoms with Crippen molar-refractivity contribution >= 4 is 28.9 Å². The fraction of sp³-hybridized carbons (Fsp3) is 0.0833. The minimum absolute atomic E-state index is 0.132. The van der Waals surface area contributed by atoms with Crippen LogP contribution < -0.4 is 5.73 Å². The molecule has 0 aliphatic rings. The van der Waals surface area contributed by atoms with E-state index in [2.05, 4.69) is 4.98 Å². The van der Waals surface area contributed by atoms with E-state index in [0.717, 1.165) is 0 Å². The first-order chi connectivity index (χ1) is 8.13. The van der Waals surface area contributed by atoms with Crippen molar-refractivity contribution in [2.45, 2.75) is 6.61 Å². The maximum atomic E-state index is 9.14. The van der Waals surface area contributed by atoms with Crippen molar-refractivity contribution in [1.29, 1.82) is 0 Å². The number of nitrogens with two attached hydrogens (primary N) is 1. The van der Waals surface area contributed by atoms with E-state index in [0.29, 0.717) is 32.6 Å². The third kappa shape index (κ3) is 2.36. The summed E-state index contributed by atoms with van der Waals surface area (Å²) >= 11 is 11.9. The van der Waals surface area contributed by atoms with Gasteiger partial charge in [0.25, 0.3) is 0 Å². The number of nitrogens with zero attached hydrogens (tertiary/aromatic N) is 1. The van der Waals surface area contributed by atoms with Crippen LogP contribution >= 0.6 is 23.2 Å². The smallest absolute Gasteiger partial charge is 0.0949 e. The summed E-state index contributed by atoms with van der Waals surface area (Å²) in [6.45, 7) is -0.132. The van der Waals surface area contributed by atoms with Crippen molar-refractivity contribution < 1.29 is 5.11 Å². The number of nitrogen functional groups attached to an aromatic ring is 1. The Bertz CT molecular complexity index is 558. The molecule has 1 heterocycles. The van der Waals surface area contributed by atoms with E-state index in [-0.39, 0.29) is 6.61 Å². The summed E-state index contributed by atoms with van der Waals surface area (Å²) in [6.07, 6.45) is 1.59. The molecular weight excluding hydrogens is 259 g/mol. The van der Waals surface area contributed by atoms with Crippen LogP contribution in [0.2, 0.25) is 10.0 Å². The van der Waals surface area contributed by atoms with Gasteiger partial charge >= 0.3 is 0 Å². The second kappa shape index (κ2) is 4.92. The van der Waals surface area contributed by atoms with Crippen molar-refractivity contribution in [3.8, 4) is 11.3 Å².